The monoisotopic (exact) mass is 246 g/mol. The second-order valence-corrected chi connectivity index (χ2v) is 5.55. The zero-order chi connectivity index (χ0) is 12.6. The van der Waals surface area contributed by atoms with Gasteiger partial charge < -0.3 is 9.84 Å². The minimum absolute atomic E-state index is 0.120. The molecule has 0 radical (unpaired) electrons. The summed E-state index contributed by atoms with van der Waals surface area (Å²) >= 11 is 0. The minimum Gasteiger partial charge on any atom is -0.490 e. The lowest BCUT2D eigenvalue weighted by Crippen LogP contribution is -2.24. The molecule has 2 aliphatic rings. The molecule has 1 N–H and O–H groups in total. The van der Waals surface area contributed by atoms with Crippen LogP contribution in [0.2, 0.25) is 0 Å². The van der Waals surface area contributed by atoms with Crippen molar-refractivity contribution in [3.63, 3.8) is 0 Å². The fourth-order valence-corrected chi connectivity index (χ4v) is 2.59. The third-order valence-electron chi connectivity index (χ3n) is 4.14. The first-order valence-corrected chi connectivity index (χ1v) is 6.67. The van der Waals surface area contributed by atoms with Crippen LogP contribution in [0.25, 0.3) is 0 Å². The summed E-state index contributed by atoms with van der Waals surface area (Å²) in [5, 5.41) is 8.98. The highest BCUT2D eigenvalue weighted by atomic mass is 16.5. The molecule has 1 aromatic carbocycles. The Balaban J connectivity index is 1.75. The Morgan fingerprint density at radius 1 is 1.39 bits per heavy atom. The second-order valence-electron chi connectivity index (χ2n) is 5.55. The van der Waals surface area contributed by atoms with E-state index in [1.165, 1.54) is 6.42 Å². The zero-order valence-corrected chi connectivity index (χ0v) is 10.4. The van der Waals surface area contributed by atoms with E-state index >= 15 is 0 Å². The van der Waals surface area contributed by atoms with Crippen LogP contribution in [-0.2, 0) is 10.2 Å². The Labute approximate surface area is 107 Å². The van der Waals surface area contributed by atoms with Crippen LogP contribution in [0, 0.1) is 0 Å². The van der Waals surface area contributed by atoms with Gasteiger partial charge in [-0.15, -0.1) is 0 Å². The molecule has 0 heterocycles. The first kappa shape index (κ1) is 11.6. The van der Waals surface area contributed by atoms with E-state index in [4.69, 9.17) is 9.84 Å². The molecule has 3 rings (SSSR count). The van der Waals surface area contributed by atoms with Crippen LogP contribution >= 0.6 is 0 Å². The van der Waals surface area contributed by atoms with Gasteiger partial charge in [0.15, 0.2) is 0 Å². The first-order chi connectivity index (χ1) is 8.68. The molecule has 1 aromatic rings. The summed E-state index contributed by atoms with van der Waals surface area (Å²) < 4.78 is 5.87. The normalized spacial score (nSPS) is 21.1. The van der Waals surface area contributed by atoms with E-state index in [0.717, 1.165) is 37.0 Å². The third-order valence-corrected chi connectivity index (χ3v) is 4.14. The fourth-order valence-electron chi connectivity index (χ4n) is 2.59. The van der Waals surface area contributed by atoms with Crippen LogP contribution < -0.4 is 4.74 Å². The Bertz CT molecular complexity index is 459. The lowest BCUT2D eigenvalue weighted by molar-refractivity contribution is -0.137. The highest BCUT2D eigenvalue weighted by Gasteiger charge is 2.46. The number of ether oxygens (including phenoxy) is 1. The molecule has 0 saturated heterocycles. The van der Waals surface area contributed by atoms with Crippen molar-refractivity contribution in [1.29, 1.82) is 0 Å². The van der Waals surface area contributed by atoms with E-state index in [1.54, 1.807) is 0 Å². The molecular weight excluding hydrogens is 228 g/mol. The molecule has 2 saturated carbocycles. The van der Waals surface area contributed by atoms with Gasteiger partial charge in [-0.25, -0.2) is 0 Å². The summed E-state index contributed by atoms with van der Waals surface area (Å²) in [4.78, 5) is 10.9. The van der Waals surface area contributed by atoms with E-state index < -0.39 is 5.97 Å². The number of aliphatic carboxylic acids is 1. The zero-order valence-electron chi connectivity index (χ0n) is 10.4. The number of hydrogen-bond donors (Lipinski definition) is 1. The molecule has 3 nitrogen and oxygen atoms in total. The van der Waals surface area contributed by atoms with Crippen LogP contribution in [0.4, 0.5) is 0 Å². The average Bonchev–Trinajstić information content (AvgIpc) is 3.04. The maximum absolute atomic E-state index is 10.9. The average molecular weight is 246 g/mol. The highest BCUT2D eigenvalue weighted by Crippen LogP contribution is 2.51. The smallest absolute Gasteiger partial charge is 0.304 e. The lowest BCUT2D eigenvalue weighted by Gasteiger charge is -2.27. The van der Waals surface area contributed by atoms with E-state index in [9.17, 15) is 4.79 Å². The van der Waals surface area contributed by atoms with Crippen LogP contribution in [0.1, 0.15) is 44.1 Å². The molecule has 0 unspecified atom stereocenters. The van der Waals surface area contributed by atoms with Crippen molar-refractivity contribution in [1.82, 2.24) is 0 Å². The van der Waals surface area contributed by atoms with Gasteiger partial charge in [-0.3, -0.25) is 4.79 Å². The van der Waals surface area contributed by atoms with Crippen molar-refractivity contribution in [2.75, 3.05) is 0 Å². The van der Waals surface area contributed by atoms with Crippen molar-refractivity contribution in [2.24, 2.45) is 0 Å². The molecule has 0 aromatic heterocycles. The molecular formula is C15H18O3. The minimum atomic E-state index is -0.710. The summed E-state index contributed by atoms with van der Waals surface area (Å²) in [6.07, 6.45) is 6.11. The van der Waals surface area contributed by atoms with Crippen LogP contribution in [0.5, 0.6) is 5.75 Å². The van der Waals surface area contributed by atoms with E-state index in [-0.39, 0.29) is 11.8 Å². The lowest BCUT2D eigenvalue weighted by atomic mass is 9.92. The second kappa shape index (κ2) is 4.30. The van der Waals surface area contributed by atoms with Gasteiger partial charge in [0.25, 0.3) is 0 Å². The van der Waals surface area contributed by atoms with Crippen molar-refractivity contribution in [3.8, 4) is 5.75 Å². The molecule has 2 fully saturated rings. The van der Waals surface area contributed by atoms with Gasteiger partial charge in [0, 0.05) is 5.41 Å². The molecule has 0 amide bonds. The predicted octanol–water partition coefficient (Wildman–Crippen LogP) is 3.12. The molecule has 0 atom stereocenters. The largest absolute Gasteiger partial charge is 0.490 e. The first-order valence-electron chi connectivity index (χ1n) is 6.67. The molecule has 2 aliphatic carbocycles. The summed E-state index contributed by atoms with van der Waals surface area (Å²) in [7, 11) is 0. The number of carboxylic acids is 1. The van der Waals surface area contributed by atoms with Crippen molar-refractivity contribution < 1.29 is 14.6 Å². The van der Waals surface area contributed by atoms with Crippen molar-refractivity contribution >= 4 is 5.97 Å². The van der Waals surface area contributed by atoms with Gasteiger partial charge in [0.2, 0.25) is 0 Å². The van der Waals surface area contributed by atoms with Crippen LogP contribution in [-0.4, -0.2) is 17.2 Å². The Kier molecular flexibility index (Phi) is 2.77. The number of benzene rings is 1. The fraction of sp³-hybridized carbons (Fsp3) is 0.533. The van der Waals surface area contributed by atoms with Gasteiger partial charge in [-0.05, 0) is 49.8 Å². The summed E-state index contributed by atoms with van der Waals surface area (Å²) in [5.41, 5.74) is 1.01. The molecule has 3 heteroatoms. The number of carboxylic acid groups (broad SMARTS) is 1. The quantitative estimate of drug-likeness (QED) is 0.868. The maximum Gasteiger partial charge on any atom is 0.304 e. The summed E-state index contributed by atoms with van der Waals surface area (Å²) in [5.74, 6) is 0.187. The van der Waals surface area contributed by atoms with Gasteiger partial charge in [0.05, 0.1) is 12.5 Å². The van der Waals surface area contributed by atoms with Crippen molar-refractivity contribution in [2.45, 2.75) is 50.0 Å². The van der Waals surface area contributed by atoms with Gasteiger partial charge in [-0.1, -0.05) is 12.1 Å². The predicted molar refractivity (Wildman–Crippen MR) is 67.9 cm³/mol. The van der Waals surface area contributed by atoms with E-state index in [0.29, 0.717) is 6.10 Å². The van der Waals surface area contributed by atoms with Crippen LogP contribution in [0.15, 0.2) is 24.3 Å². The molecule has 18 heavy (non-hydrogen) atoms. The van der Waals surface area contributed by atoms with Gasteiger partial charge in [-0.2, -0.15) is 0 Å². The SMILES string of the molecule is O=C(O)CC1(c2cccc(OC3CCC3)c2)CC1. The Hall–Kier alpha value is -1.51. The van der Waals surface area contributed by atoms with Gasteiger partial charge in [0.1, 0.15) is 5.75 Å². The van der Waals surface area contributed by atoms with E-state index in [2.05, 4.69) is 0 Å². The molecule has 96 valence electrons. The molecule has 0 aliphatic heterocycles. The third kappa shape index (κ3) is 2.22. The Morgan fingerprint density at radius 3 is 2.72 bits per heavy atom. The molecule has 0 spiro atoms. The van der Waals surface area contributed by atoms with E-state index in [1.807, 2.05) is 24.3 Å². The summed E-state index contributed by atoms with van der Waals surface area (Å²) in [6, 6.07) is 8.02. The number of carbonyl (C=O) groups is 1. The Morgan fingerprint density at radius 2 is 2.17 bits per heavy atom. The number of hydrogen-bond acceptors (Lipinski definition) is 2. The van der Waals surface area contributed by atoms with Crippen molar-refractivity contribution in [3.05, 3.63) is 29.8 Å². The van der Waals surface area contributed by atoms with Crippen LogP contribution in [0.3, 0.4) is 0 Å². The standard InChI is InChI=1S/C15H18O3/c16-14(17)10-15(7-8-15)11-3-1-6-13(9-11)18-12-4-2-5-12/h1,3,6,9,12H,2,4-5,7-8,10H2,(H,16,17). The topological polar surface area (TPSA) is 46.5 Å². The highest BCUT2D eigenvalue weighted by molar-refractivity contribution is 5.70. The number of rotatable bonds is 5. The summed E-state index contributed by atoms with van der Waals surface area (Å²) in [6.45, 7) is 0. The maximum atomic E-state index is 10.9. The van der Waals surface area contributed by atoms with Gasteiger partial charge >= 0.3 is 5.97 Å². The molecule has 0 bridgehead atoms.